The minimum Gasteiger partial charge on any atom is -0.744 e. The second kappa shape index (κ2) is 10.0. The Hall–Kier alpha value is 0.396. The summed E-state index contributed by atoms with van der Waals surface area (Å²) < 4.78 is 284. The molecule has 0 spiro atoms. The van der Waals surface area contributed by atoms with Gasteiger partial charge >= 0.3 is 110 Å². The fourth-order valence-corrected chi connectivity index (χ4v) is 1.95. The summed E-state index contributed by atoms with van der Waals surface area (Å²) >= 11 is 3.62. The van der Waals surface area contributed by atoms with E-state index >= 15 is 0 Å². The van der Waals surface area contributed by atoms with Crippen LogP contribution in [0.3, 0.4) is 0 Å². The van der Waals surface area contributed by atoms with Gasteiger partial charge < -0.3 is 4.55 Å². The Kier molecular flexibility index (Phi) is 10.7. The molecular formula is C10ClF20KO4S. The number of rotatable bonds is 10. The average Bonchev–Trinajstić information content (AvgIpc) is 2.57. The van der Waals surface area contributed by atoms with Gasteiger partial charge in [0.25, 0.3) is 0 Å². The maximum atomic E-state index is 13.3. The van der Waals surface area contributed by atoms with Crippen LogP contribution in [0.5, 0.6) is 0 Å². The van der Waals surface area contributed by atoms with Crippen molar-refractivity contribution in [1.82, 2.24) is 0 Å². The number of ether oxygens (including phenoxy) is 1. The summed E-state index contributed by atoms with van der Waals surface area (Å²) in [6, 6.07) is 0. The van der Waals surface area contributed by atoms with Gasteiger partial charge in [-0.3, -0.25) is 0 Å². The van der Waals surface area contributed by atoms with Gasteiger partial charge in [0, 0.05) is 0 Å². The predicted molar refractivity (Wildman–Crippen MR) is 66.1 cm³/mol. The van der Waals surface area contributed by atoms with Crippen molar-refractivity contribution >= 4 is 21.7 Å². The molecule has 27 heteroatoms. The molecular weight excluding hydrogens is 671 g/mol. The topological polar surface area (TPSA) is 66.4 Å². The maximum Gasteiger partial charge on any atom is 1.00 e. The van der Waals surface area contributed by atoms with Crippen molar-refractivity contribution in [2.75, 3.05) is 0 Å². The van der Waals surface area contributed by atoms with E-state index in [0.29, 0.717) is 0 Å². The van der Waals surface area contributed by atoms with E-state index in [1.54, 1.807) is 0 Å². The molecule has 0 aromatic rings. The first-order valence-electron chi connectivity index (χ1n) is 7.08. The second-order valence-corrected chi connectivity index (χ2v) is 8.27. The van der Waals surface area contributed by atoms with Gasteiger partial charge in [-0.2, -0.15) is 87.8 Å². The van der Waals surface area contributed by atoms with Gasteiger partial charge in [-0.05, 0) is 0 Å². The van der Waals surface area contributed by atoms with Crippen LogP contribution in [0, 0.1) is 0 Å². The minimum absolute atomic E-state index is 0. The SMILES string of the molecule is O=S(=O)([O-])C(F)(Cl)C(F)(F)OC(F)(F)C(F)(F)C(F)(F)C(F)(F)C(F)(F)C(F)(F)C(F)(F)C(F)(F)F.[K+]. The van der Waals surface area contributed by atoms with Crippen LogP contribution in [0.15, 0.2) is 0 Å². The molecule has 0 saturated carbocycles. The summed E-state index contributed by atoms with van der Waals surface area (Å²) in [6.45, 7) is 0. The van der Waals surface area contributed by atoms with Crippen molar-refractivity contribution in [3.05, 3.63) is 0 Å². The molecule has 4 nitrogen and oxygen atoms in total. The van der Waals surface area contributed by atoms with Gasteiger partial charge in [0.2, 0.25) is 0 Å². The van der Waals surface area contributed by atoms with Crippen LogP contribution in [0.4, 0.5) is 87.8 Å². The van der Waals surface area contributed by atoms with Crippen LogP contribution in [0.1, 0.15) is 0 Å². The van der Waals surface area contributed by atoms with Gasteiger partial charge in [-0.15, -0.1) is 0 Å². The first-order valence-corrected chi connectivity index (χ1v) is 8.87. The standard InChI is InChI=1S/C10HClF20O4S.K/c11-7(24,36(32,33)34)10(30,31)35-9(28,29)6(22,23)4(18,19)2(14,15)1(12,13)3(16,17)5(20,21)8(25,26)27;/h(H,32,33,34);/q;+1/p-1. The van der Waals surface area contributed by atoms with Crippen molar-refractivity contribution in [2.24, 2.45) is 0 Å². The third-order valence-corrected chi connectivity index (χ3v) is 5.25. The fraction of sp³-hybridized carbons (Fsp3) is 1.00. The summed E-state index contributed by atoms with van der Waals surface area (Å²) in [4.78, 5) is 0. The zero-order chi connectivity index (χ0) is 30.2. The predicted octanol–water partition coefficient (Wildman–Crippen LogP) is 2.97. The zero-order valence-corrected chi connectivity index (χ0v) is 20.7. The average molecular weight is 671 g/mol. The molecule has 0 fully saturated rings. The van der Waals surface area contributed by atoms with E-state index in [2.05, 4.69) is 11.6 Å². The molecule has 0 aromatic carbocycles. The summed E-state index contributed by atoms with van der Waals surface area (Å²) in [6.07, 6.45) is -23.9. The molecule has 0 saturated heterocycles. The van der Waals surface area contributed by atoms with Crippen LogP contribution < -0.4 is 51.4 Å². The van der Waals surface area contributed by atoms with E-state index in [1.165, 1.54) is 4.74 Å². The Morgan fingerprint density at radius 2 is 0.730 bits per heavy atom. The Labute approximate surface area is 235 Å². The second-order valence-electron chi connectivity index (χ2n) is 6.05. The van der Waals surface area contributed by atoms with Gasteiger partial charge in [0.1, 0.15) is 0 Å². The van der Waals surface area contributed by atoms with Crippen LogP contribution in [0.25, 0.3) is 0 Å². The van der Waals surface area contributed by atoms with Gasteiger partial charge in [-0.1, -0.05) is 11.6 Å². The zero-order valence-electron chi connectivity index (χ0n) is 16.0. The Morgan fingerprint density at radius 1 is 0.486 bits per heavy atom. The molecule has 0 aliphatic carbocycles. The van der Waals surface area contributed by atoms with Crippen molar-refractivity contribution < 1.29 is 157 Å². The molecule has 0 radical (unpaired) electrons. The van der Waals surface area contributed by atoms with Gasteiger partial charge in [0.15, 0.2) is 10.1 Å². The Morgan fingerprint density at radius 3 is 0.973 bits per heavy atom. The molecule has 0 aliphatic rings. The monoisotopic (exact) mass is 670 g/mol. The Bertz CT molecular complexity index is 943. The molecule has 0 bridgehead atoms. The maximum absolute atomic E-state index is 13.3. The molecule has 0 aliphatic heterocycles. The van der Waals surface area contributed by atoms with E-state index in [9.17, 15) is 101 Å². The summed E-state index contributed by atoms with van der Waals surface area (Å²) in [5.41, 5.74) is 0. The fourth-order valence-electron chi connectivity index (χ4n) is 1.58. The number of hydrogen-bond acceptors (Lipinski definition) is 4. The van der Waals surface area contributed by atoms with E-state index < -0.39 is 68.5 Å². The van der Waals surface area contributed by atoms with Crippen LogP contribution in [-0.4, -0.2) is 71.4 Å². The van der Waals surface area contributed by atoms with Crippen LogP contribution in [0.2, 0.25) is 0 Å². The normalized spacial score (nSPS) is 17.8. The quantitative estimate of drug-likeness (QED) is 0.155. The summed E-state index contributed by atoms with van der Waals surface area (Å²) in [7, 11) is -7.56. The molecule has 37 heavy (non-hydrogen) atoms. The number of alkyl halides is 21. The molecule has 0 amide bonds. The van der Waals surface area contributed by atoms with E-state index in [1.807, 2.05) is 0 Å². The third kappa shape index (κ3) is 5.64. The summed E-state index contributed by atoms with van der Waals surface area (Å²) in [5, 5.41) is 0. The summed E-state index contributed by atoms with van der Waals surface area (Å²) in [5.74, 6) is -53.6. The number of hydrogen-bond donors (Lipinski definition) is 0. The largest absolute Gasteiger partial charge is 1.00 e. The molecule has 0 rings (SSSR count). The van der Waals surface area contributed by atoms with E-state index in [-0.39, 0.29) is 51.4 Å². The molecule has 0 heterocycles. The van der Waals surface area contributed by atoms with Crippen molar-refractivity contribution in [1.29, 1.82) is 0 Å². The number of halogens is 21. The van der Waals surface area contributed by atoms with Gasteiger partial charge in [0.05, 0.1) is 0 Å². The molecule has 0 N–H and O–H groups in total. The first-order chi connectivity index (χ1) is 15.0. The minimum atomic E-state index is -9.18. The Balaban J connectivity index is 0. The van der Waals surface area contributed by atoms with E-state index in [0.717, 1.165) is 0 Å². The van der Waals surface area contributed by atoms with Crippen LogP contribution >= 0.6 is 11.6 Å². The van der Waals surface area contributed by atoms with Gasteiger partial charge in [-0.25, -0.2) is 13.2 Å². The first kappa shape index (κ1) is 39.5. The smallest absolute Gasteiger partial charge is 0.744 e. The molecule has 218 valence electrons. The van der Waals surface area contributed by atoms with Crippen molar-refractivity contribution in [2.45, 2.75) is 58.4 Å². The van der Waals surface area contributed by atoms with E-state index in [4.69, 9.17) is 0 Å². The third-order valence-electron chi connectivity index (χ3n) is 3.60. The van der Waals surface area contributed by atoms with Crippen LogP contribution in [-0.2, 0) is 14.9 Å². The molecule has 1 atom stereocenters. The van der Waals surface area contributed by atoms with Crippen molar-refractivity contribution in [3.8, 4) is 0 Å². The molecule has 1 unspecified atom stereocenters. The van der Waals surface area contributed by atoms with Crippen molar-refractivity contribution in [3.63, 3.8) is 0 Å². The molecule has 0 aromatic heterocycles.